The summed E-state index contributed by atoms with van der Waals surface area (Å²) < 4.78 is 13.4. The van der Waals surface area contributed by atoms with Crippen LogP contribution in [0.4, 0.5) is 4.39 Å². The lowest BCUT2D eigenvalue weighted by molar-refractivity contribution is 0.0935. The van der Waals surface area contributed by atoms with Gasteiger partial charge in [0.05, 0.1) is 16.6 Å². The molecule has 1 amide bonds. The van der Waals surface area contributed by atoms with E-state index >= 15 is 0 Å². The highest BCUT2D eigenvalue weighted by Crippen LogP contribution is 2.36. The molecule has 1 aliphatic heterocycles. The predicted molar refractivity (Wildman–Crippen MR) is 81.2 cm³/mol. The summed E-state index contributed by atoms with van der Waals surface area (Å²) in [7, 11) is 0. The smallest absolute Gasteiger partial charge is 0.253 e. The lowest BCUT2D eigenvalue weighted by Gasteiger charge is -2.26. The molecule has 0 aliphatic carbocycles. The number of carbonyl (C=O) groups is 1. The van der Waals surface area contributed by atoms with Gasteiger partial charge in [-0.1, -0.05) is 11.6 Å². The second kappa shape index (κ2) is 6.03. The van der Waals surface area contributed by atoms with Crippen molar-refractivity contribution in [2.45, 2.75) is 17.4 Å². The molecule has 0 bridgehead atoms. The number of thioether (sulfide) groups is 1. The van der Waals surface area contributed by atoms with Gasteiger partial charge in [0.15, 0.2) is 0 Å². The second-order valence-corrected chi connectivity index (χ2v) is 6.24. The average molecular weight is 323 g/mol. The Kier molecular flexibility index (Phi) is 4.12. The normalized spacial score (nSPS) is 17.1. The largest absolute Gasteiger partial charge is 0.345 e. The fourth-order valence-electron chi connectivity index (χ4n) is 2.31. The lowest BCUT2D eigenvalue weighted by atomic mass is 10.0. The Balaban J connectivity index is 1.85. The number of hydrogen-bond donors (Lipinski definition) is 1. The summed E-state index contributed by atoms with van der Waals surface area (Å²) in [6, 6.07) is 6.05. The van der Waals surface area contributed by atoms with Crippen LogP contribution in [0.3, 0.4) is 0 Å². The molecule has 0 spiro atoms. The van der Waals surface area contributed by atoms with Crippen LogP contribution in [0.2, 0.25) is 5.02 Å². The summed E-state index contributed by atoms with van der Waals surface area (Å²) in [5.74, 6) is 0.320. The lowest BCUT2D eigenvalue weighted by Crippen LogP contribution is -2.31. The van der Waals surface area contributed by atoms with E-state index in [4.69, 9.17) is 11.6 Å². The minimum atomic E-state index is -0.294. The van der Waals surface area contributed by atoms with Gasteiger partial charge in [0.1, 0.15) is 5.82 Å². The molecule has 1 unspecified atom stereocenters. The van der Waals surface area contributed by atoms with Gasteiger partial charge >= 0.3 is 0 Å². The molecule has 1 atom stereocenters. The number of aromatic nitrogens is 1. The molecule has 6 heteroatoms. The molecular formula is C15H12ClFN2OS. The summed E-state index contributed by atoms with van der Waals surface area (Å²) in [4.78, 5) is 17.2. The first-order valence-corrected chi connectivity index (χ1v) is 7.84. The number of halogens is 2. The maximum Gasteiger partial charge on any atom is 0.253 e. The molecule has 1 aromatic carbocycles. The number of rotatable bonds is 2. The van der Waals surface area contributed by atoms with Crippen molar-refractivity contribution in [3.8, 4) is 0 Å². The zero-order valence-electron chi connectivity index (χ0n) is 11.0. The maximum atomic E-state index is 13.4. The molecular weight excluding hydrogens is 311 g/mol. The topological polar surface area (TPSA) is 42.0 Å². The Labute approximate surface area is 130 Å². The van der Waals surface area contributed by atoms with Gasteiger partial charge in [-0.15, -0.1) is 11.8 Å². The van der Waals surface area contributed by atoms with Gasteiger partial charge in [-0.25, -0.2) is 4.39 Å². The van der Waals surface area contributed by atoms with Crippen LogP contribution in [0.5, 0.6) is 0 Å². The van der Waals surface area contributed by atoms with Crippen LogP contribution < -0.4 is 5.32 Å². The van der Waals surface area contributed by atoms with E-state index in [1.807, 2.05) is 0 Å². The molecule has 0 saturated carbocycles. The highest BCUT2D eigenvalue weighted by Gasteiger charge is 2.24. The van der Waals surface area contributed by atoms with E-state index in [9.17, 15) is 9.18 Å². The summed E-state index contributed by atoms with van der Waals surface area (Å²) in [6.07, 6.45) is 3.71. The average Bonchev–Trinajstić information content (AvgIpc) is 2.48. The number of nitrogens with one attached hydrogen (secondary N) is 1. The quantitative estimate of drug-likeness (QED) is 0.913. The van der Waals surface area contributed by atoms with Crippen LogP contribution in [0.15, 0.2) is 41.6 Å². The van der Waals surface area contributed by atoms with Crippen molar-refractivity contribution in [1.82, 2.24) is 10.3 Å². The Bertz CT molecular complexity index is 695. The van der Waals surface area contributed by atoms with Crippen molar-refractivity contribution in [2.75, 3.05) is 5.75 Å². The van der Waals surface area contributed by atoms with Crippen molar-refractivity contribution in [1.29, 1.82) is 0 Å². The van der Waals surface area contributed by atoms with E-state index in [1.165, 1.54) is 24.5 Å². The van der Waals surface area contributed by atoms with Crippen LogP contribution >= 0.6 is 23.4 Å². The molecule has 1 aromatic heterocycles. The van der Waals surface area contributed by atoms with Gasteiger partial charge in [0.25, 0.3) is 5.91 Å². The fraction of sp³-hybridized carbons (Fsp3) is 0.200. The Hall–Kier alpha value is -1.59. The van der Waals surface area contributed by atoms with Crippen LogP contribution in [-0.2, 0) is 0 Å². The van der Waals surface area contributed by atoms with E-state index < -0.39 is 0 Å². The molecule has 2 heterocycles. The number of pyridine rings is 1. The van der Waals surface area contributed by atoms with Gasteiger partial charge in [-0.05, 0) is 36.2 Å². The van der Waals surface area contributed by atoms with Crippen LogP contribution in [-0.4, -0.2) is 16.6 Å². The highest BCUT2D eigenvalue weighted by atomic mass is 35.5. The third-order valence-corrected chi connectivity index (χ3v) is 4.76. The summed E-state index contributed by atoms with van der Waals surface area (Å²) in [6.45, 7) is 0. The van der Waals surface area contributed by atoms with E-state index in [-0.39, 0.29) is 17.8 Å². The third-order valence-electron chi connectivity index (χ3n) is 3.33. The number of amides is 1. The third kappa shape index (κ3) is 3.04. The first kappa shape index (κ1) is 14.4. The zero-order valence-corrected chi connectivity index (χ0v) is 12.5. The first-order chi connectivity index (χ1) is 10.1. The Morgan fingerprint density at radius 3 is 3.10 bits per heavy atom. The van der Waals surface area contributed by atoms with Crippen molar-refractivity contribution in [3.63, 3.8) is 0 Å². The number of hydrogen-bond acceptors (Lipinski definition) is 3. The zero-order chi connectivity index (χ0) is 14.8. The highest BCUT2D eigenvalue weighted by molar-refractivity contribution is 7.99. The fourth-order valence-corrected chi connectivity index (χ4v) is 3.62. The van der Waals surface area contributed by atoms with Gasteiger partial charge in [0.2, 0.25) is 0 Å². The molecule has 3 rings (SSSR count). The van der Waals surface area contributed by atoms with E-state index in [1.54, 1.807) is 23.9 Å². The maximum absolute atomic E-state index is 13.4. The van der Waals surface area contributed by atoms with Crippen LogP contribution in [0, 0.1) is 5.82 Å². The molecule has 1 N–H and O–H groups in total. The molecule has 2 aromatic rings. The first-order valence-electron chi connectivity index (χ1n) is 6.48. The molecule has 3 nitrogen and oxygen atoms in total. The van der Waals surface area contributed by atoms with Crippen molar-refractivity contribution >= 4 is 29.3 Å². The molecule has 108 valence electrons. The Morgan fingerprint density at radius 1 is 1.43 bits per heavy atom. The second-order valence-electron chi connectivity index (χ2n) is 4.70. The van der Waals surface area contributed by atoms with Crippen molar-refractivity contribution in [3.05, 3.63) is 58.6 Å². The standard InChI is InChI=1S/C15H12ClFN2OS/c16-12-8-18-5-3-10(12)15(20)19-13-4-6-21-14-2-1-9(17)7-11(13)14/h1-3,5,7-8,13H,4,6H2,(H,19,20). The van der Waals surface area contributed by atoms with Crippen molar-refractivity contribution < 1.29 is 9.18 Å². The molecule has 0 fully saturated rings. The monoisotopic (exact) mass is 322 g/mol. The minimum absolute atomic E-state index is 0.200. The number of carbonyl (C=O) groups excluding carboxylic acids is 1. The summed E-state index contributed by atoms with van der Waals surface area (Å²) >= 11 is 7.65. The van der Waals surface area contributed by atoms with E-state index in [0.29, 0.717) is 10.6 Å². The summed E-state index contributed by atoms with van der Waals surface area (Å²) in [5, 5.41) is 3.23. The van der Waals surface area contributed by atoms with Gasteiger partial charge in [0, 0.05) is 23.0 Å². The summed E-state index contributed by atoms with van der Waals surface area (Å²) in [5.41, 5.74) is 1.20. The van der Waals surface area contributed by atoms with E-state index in [0.717, 1.165) is 22.6 Å². The number of benzene rings is 1. The van der Waals surface area contributed by atoms with Gasteiger partial charge in [-0.2, -0.15) is 0 Å². The van der Waals surface area contributed by atoms with Gasteiger partial charge < -0.3 is 5.32 Å². The number of fused-ring (bicyclic) bond motifs is 1. The molecule has 0 radical (unpaired) electrons. The SMILES string of the molecule is O=C(NC1CCSc2ccc(F)cc21)c1ccncc1Cl. The predicted octanol–water partition coefficient (Wildman–Crippen LogP) is 3.84. The number of nitrogens with zero attached hydrogens (tertiary/aromatic N) is 1. The van der Waals surface area contributed by atoms with Crippen LogP contribution in [0.25, 0.3) is 0 Å². The van der Waals surface area contributed by atoms with Crippen molar-refractivity contribution in [2.24, 2.45) is 0 Å². The Morgan fingerprint density at radius 2 is 2.29 bits per heavy atom. The van der Waals surface area contributed by atoms with Crippen LogP contribution in [0.1, 0.15) is 28.4 Å². The molecule has 0 saturated heterocycles. The molecule has 1 aliphatic rings. The van der Waals surface area contributed by atoms with Gasteiger partial charge in [-0.3, -0.25) is 9.78 Å². The van der Waals surface area contributed by atoms with E-state index in [2.05, 4.69) is 10.3 Å². The minimum Gasteiger partial charge on any atom is -0.345 e. The molecule has 21 heavy (non-hydrogen) atoms.